The van der Waals surface area contributed by atoms with Crippen LogP contribution in [0.3, 0.4) is 0 Å². The second-order valence-electron chi connectivity index (χ2n) is 6.51. The summed E-state index contributed by atoms with van der Waals surface area (Å²) in [4.78, 5) is 17.7. The molecule has 0 aliphatic rings. The van der Waals surface area contributed by atoms with Gasteiger partial charge in [0.1, 0.15) is 16.1 Å². The lowest BCUT2D eigenvalue weighted by Gasteiger charge is -1.98. The predicted octanol–water partition coefficient (Wildman–Crippen LogP) is 4.78. The first-order valence-electron chi connectivity index (χ1n) is 9.16. The molecule has 0 amide bonds. The van der Waals surface area contributed by atoms with Crippen molar-refractivity contribution in [2.24, 2.45) is 0 Å². The summed E-state index contributed by atoms with van der Waals surface area (Å²) in [7, 11) is 0. The van der Waals surface area contributed by atoms with Gasteiger partial charge in [0.05, 0.1) is 5.02 Å². The van der Waals surface area contributed by atoms with Crippen LogP contribution < -0.4 is 10.1 Å². The van der Waals surface area contributed by atoms with Crippen molar-refractivity contribution in [1.29, 1.82) is 0 Å². The zero-order valence-electron chi connectivity index (χ0n) is 15.5. The fourth-order valence-electron chi connectivity index (χ4n) is 3.02. The Morgan fingerprint density at radius 2 is 1.77 bits per heavy atom. The van der Waals surface area contributed by atoms with E-state index in [0.717, 1.165) is 11.1 Å². The zero-order chi connectivity index (χ0) is 20.5. The second-order valence-corrected chi connectivity index (χ2v) is 7.92. The highest BCUT2D eigenvalue weighted by Gasteiger charge is 2.11. The lowest BCUT2D eigenvalue weighted by molar-refractivity contribution is 0.571. The number of nitrogens with zero attached hydrogens (tertiary/aromatic N) is 3. The molecule has 3 heterocycles. The minimum absolute atomic E-state index is 0.224. The van der Waals surface area contributed by atoms with Crippen molar-refractivity contribution >= 4 is 46.1 Å². The van der Waals surface area contributed by atoms with Crippen molar-refractivity contribution in [3.63, 3.8) is 0 Å². The molecule has 5 aromatic rings. The summed E-state index contributed by atoms with van der Waals surface area (Å²) in [6.45, 7) is 0. The molecule has 0 bridgehead atoms. The summed E-state index contributed by atoms with van der Waals surface area (Å²) in [6, 6.07) is 21.0. The Morgan fingerprint density at radius 1 is 0.967 bits per heavy atom. The summed E-state index contributed by atoms with van der Waals surface area (Å²) in [5.41, 5.74) is 1.62. The second kappa shape index (κ2) is 7.74. The summed E-state index contributed by atoms with van der Waals surface area (Å²) < 4.78 is 7.68. The molecule has 3 aromatic heterocycles. The number of rotatable bonds is 4. The molecule has 0 radical (unpaired) electrons. The van der Waals surface area contributed by atoms with Gasteiger partial charge < -0.3 is 4.42 Å². The fourth-order valence-corrected chi connectivity index (χ4v) is 4.14. The van der Waals surface area contributed by atoms with Gasteiger partial charge in [-0.1, -0.05) is 71.5 Å². The summed E-state index contributed by atoms with van der Waals surface area (Å²) in [6.07, 6.45) is 5.40. The molecule has 0 atom stereocenters. The van der Waals surface area contributed by atoms with Gasteiger partial charge in [-0.05, 0) is 35.9 Å². The van der Waals surface area contributed by atoms with Gasteiger partial charge in [0.15, 0.2) is 5.82 Å². The SMILES string of the molecule is O=c1c(=Cc2ccc(-c3ccccc3Cl)o2)sc2nc(C=Cc3ccccc3)nn12. The quantitative estimate of drug-likeness (QED) is 0.410. The van der Waals surface area contributed by atoms with E-state index in [1.165, 1.54) is 15.9 Å². The highest BCUT2D eigenvalue weighted by Crippen LogP contribution is 2.29. The molecule has 0 saturated carbocycles. The first-order chi connectivity index (χ1) is 14.7. The summed E-state index contributed by atoms with van der Waals surface area (Å²) in [5.74, 6) is 1.70. The van der Waals surface area contributed by atoms with Crippen LogP contribution in [0.2, 0.25) is 5.02 Å². The maximum Gasteiger partial charge on any atom is 0.291 e. The Kier molecular flexibility index (Phi) is 4.78. The van der Waals surface area contributed by atoms with Crippen LogP contribution in [0.4, 0.5) is 0 Å². The molecule has 30 heavy (non-hydrogen) atoms. The number of halogens is 1. The Balaban J connectivity index is 1.46. The Bertz CT molecular complexity index is 1480. The molecule has 7 heteroatoms. The standard InChI is InChI=1S/C23H14ClN3O2S/c24-18-9-5-4-8-17(18)19-12-11-16(29-19)14-20-22(28)27-23(30-20)25-21(26-27)13-10-15-6-2-1-3-7-15/h1-14H. The molecule has 0 spiro atoms. The molecule has 146 valence electrons. The number of hydrogen-bond acceptors (Lipinski definition) is 5. The molecule has 0 aliphatic carbocycles. The van der Waals surface area contributed by atoms with E-state index in [2.05, 4.69) is 10.1 Å². The number of thiazole rings is 1. The smallest absolute Gasteiger partial charge is 0.291 e. The third-order valence-corrected chi connectivity index (χ3v) is 5.75. The van der Waals surface area contributed by atoms with Gasteiger partial charge in [-0.25, -0.2) is 0 Å². The number of furan rings is 1. The highest BCUT2D eigenvalue weighted by atomic mass is 35.5. The minimum Gasteiger partial charge on any atom is -0.457 e. The van der Waals surface area contributed by atoms with Crippen molar-refractivity contribution in [1.82, 2.24) is 14.6 Å². The summed E-state index contributed by atoms with van der Waals surface area (Å²) in [5, 5.41) is 4.91. The van der Waals surface area contributed by atoms with Crippen molar-refractivity contribution in [3.8, 4) is 11.3 Å². The van der Waals surface area contributed by atoms with Crippen LogP contribution in [0.15, 0.2) is 75.9 Å². The molecule has 0 unspecified atom stereocenters. The lowest BCUT2D eigenvalue weighted by Crippen LogP contribution is -2.23. The van der Waals surface area contributed by atoms with E-state index in [4.69, 9.17) is 16.0 Å². The van der Waals surface area contributed by atoms with E-state index in [-0.39, 0.29) is 5.56 Å². The van der Waals surface area contributed by atoms with Gasteiger partial charge in [-0.2, -0.15) is 9.50 Å². The molecular formula is C23H14ClN3O2S. The van der Waals surface area contributed by atoms with Crippen LogP contribution in [0.25, 0.3) is 34.5 Å². The number of fused-ring (bicyclic) bond motifs is 1. The van der Waals surface area contributed by atoms with Gasteiger partial charge in [0.2, 0.25) is 4.96 Å². The van der Waals surface area contributed by atoms with Crippen LogP contribution in [0.5, 0.6) is 0 Å². The number of aromatic nitrogens is 3. The summed E-state index contributed by atoms with van der Waals surface area (Å²) >= 11 is 7.50. The highest BCUT2D eigenvalue weighted by molar-refractivity contribution is 7.15. The van der Waals surface area contributed by atoms with E-state index < -0.39 is 0 Å². The van der Waals surface area contributed by atoms with Crippen LogP contribution >= 0.6 is 22.9 Å². The van der Waals surface area contributed by atoms with Crippen LogP contribution in [0.1, 0.15) is 17.1 Å². The van der Waals surface area contributed by atoms with Crippen molar-refractivity contribution in [2.75, 3.05) is 0 Å². The third kappa shape index (κ3) is 3.58. The lowest BCUT2D eigenvalue weighted by atomic mass is 10.2. The van der Waals surface area contributed by atoms with Gasteiger partial charge in [-0.3, -0.25) is 4.79 Å². The largest absolute Gasteiger partial charge is 0.457 e. The topological polar surface area (TPSA) is 60.4 Å². The van der Waals surface area contributed by atoms with Crippen LogP contribution in [-0.4, -0.2) is 14.6 Å². The number of benzene rings is 2. The maximum atomic E-state index is 12.7. The molecular weight excluding hydrogens is 418 g/mol. The molecule has 0 N–H and O–H groups in total. The first kappa shape index (κ1) is 18.5. The molecule has 2 aromatic carbocycles. The fraction of sp³-hybridized carbons (Fsp3) is 0. The average Bonchev–Trinajstić information content (AvgIpc) is 3.45. The Morgan fingerprint density at radius 3 is 2.57 bits per heavy atom. The maximum absolute atomic E-state index is 12.7. The molecule has 0 aliphatic heterocycles. The number of hydrogen-bond donors (Lipinski definition) is 0. The molecule has 5 rings (SSSR count). The predicted molar refractivity (Wildman–Crippen MR) is 120 cm³/mol. The van der Waals surface area contributed by atoms with Gasteiger partial charge in [0, 0.05) is 11.6 Å². The van der Waals surface area contributed by atoms with Crippen LogP contribution in [-0.2, 0) is 0 Å². The normalized spacial score (nSPS) is 12.4. The van der Waals surface area contributed by atoms with Crippen LogP contribution in [0, 0.1) is 0 Å². The molecule has 5 nitrogen and oxygen atoms in total. The molecule has 0 fully saturated rings. The van der Waals surface area contributed by atoms with Crippen molar-refractivity contribution < 1.29 is 4.42 Å². The van der Waals surface area contributed by atoms with Crippen molar-refractivity contribution in [2.45, 2.75) is 0 Å². The van der Waals surface area contributed by atoms with Gasteiger partial charge >= 0.3 is 0 Å². The van der Waals surface area contributed by atoms with Crippen molar-refractivity contribution in [3.05, 3.63) is 104 Å². The monoisotopic (exact) mass is 431 g/mol. The van der Waals surface area contributed by atoms with E-state index in [1.807, 2.05) is 72.8 Å². The minimum atomic E-state index is -0.224. The van der Waals surface area contributed by atoms with E-state index in [0.29, 0.717) is 31.9 Å². The van der Waals surface area contributed by atoms with Gasteiger partial charge in [0.25, 0.3) is 5.56 Å². The van der Waals surface area contributed by atoms with Gasteiger partial charge in [-0.15, -0.1) is 5.10 Å². The van der Waals surface area contributed by atoms with E-state index in [1.54, 1.807) is 12.2 Å². The zero-order valence-corrected chi connectivity index (χ0v) is 17.1. The average molecular weight is 432 g/mol. The molecule has 0 saturated heterocycles. The Labute approximate surface area is 180 Å². The Hall–Kier alpha value is -3.48. The third-order valence-electron chi connectivity index (χ3n) is 4.46. The van der Waals surface area contributed by atoms with E-state index in [9.17, 15) is 4.79 Å². The van der Waals surface area contributed by atoms with E-state index >= 15 is 0 Å². The first-order valence-corrected chi connectivity index (χ1v) is 10.4.